The topological polar surface area (TPSA) is 99.5 Å². The van der Waals surface area contributed by atoms with Crippen LogP contribution in [-0.4, -0.2) is 40.2 Å². The van der Waals surface area contributed by atoms with Crippen LogP contribution >= 0.6 is 11.6 Å². The molecule has 1 aliphatic heterocycles. The molecule has 3 N–H and O–H groups in total. The zero-order chi connectivity index (χ0) is 20.6. The van der Waals surface area contributed by atoms with Gasteiger partial charge < -0.3 is 15.7 Å². The van der Waals surface area contributed by atoms with E-state index in [2.05, 4.69) is 25.6 Å². The van der Waals surface area contributed by atoms with Gasteiger partial charge in [0, 0.05) is 37.8 Å². The molecule has 0 saturated heterocycles. The summed E-state index contributed by atoms with van der Waals surface area (Å²) >= 11 is 5.91. The van der Waals surface area contributed by atoms with Gasteiger partial charge in [0.2, 0.25) is 0 Å². The van der Waals surface area contributed by atoms with Crippen molar-refractivity contribution < 1.29 is 9.90 Å². The van der Waals surface area contributed by atoms with Crippen molar-refractivity contribution in [1.82, 2.24) is 15.3 Å². The van der Waals surface area contributed by atoms with Gasteiger partial charge in [-0.05, 0) is 43.0 Å². The fourth-order valence-electron chi connectivity index (χ4n) is 2.93. The lowest BCUT2D eigenvalue weighted by atomic mass is 9.95. The maximum absolute atomic E-state index is 12.4. The number of hydrogen-bond donors (Lipinski definition) is 3. The van der Waals surface area contributed by atoms with E-state index in [1.807, 2.05) is 19.1 Å². The van der Waals surface area contributed by atoms with E-state index in [4.69, 9.17) is 16.7 Å². The Hall–Kier alpha value is -2.77. The molecule has 1 aliphatic rings. The Labute approximate surface area is 175 Å². The number of allylic oxidation sites excluding steroid dienone is 1. The lowest BCUT2D eigenvalue weighted by molar-refractivity contribution is -0.116. The molecule has 0 aromatic carbocycles. The Morgan fingerprint density at radius 3 is 2.69 bits per heavy atom. The van der Waals surface area contributed by atoms with E-state index in [1.54, 1.807) is 30.8 Å². The number of aliphatic hydroxyl groups excluding tert-OH is 1. The monoisotopic (exact) mass is 413 g/mol. The van der Waals surface area contributed by atoms with Gasteiger partial charge in [0.1, 0.15) is 11.6 Å². The highest BCUT2D eigenvalue weighted by Crippen LogP contribution is 2.16. The number of anilines is 1. The summed E-state index contributed by atoms with van der Waals surface area (Å²) in [6.45, 7) is 3.30. The van der Waals surface area contributed by atoms with Crippen molar-refractivity contribution >= 4 is 29.4 Å². The molecule has 152 valence electrons. The molecule has 2 aromatic heterocycles. The summed E-state index contributed by atoms with van der Waals surface area (Å²) in [5.41, 5.74) is 2.55. The van der Waals surface area contributed by atoms with E-state index in [0.29, 0.717) is 29.5 Å². The van der Waals surface area contributed by atoms with Crippen molar-refractivity contribution in [1.29, 1.82) is 0 Å². The molecule has 0 spiro atoms. The van der Waals surface area contributed by atoms with E-state index in [-0.39, 0.29) is 18.3 Å². The number of ketones is 1. The van der Waals surface area contributed by atoms with E-state index in [1.165, 1.54) is 0 Å². The highest BCUT2D eigenvalue weighted by molar-refractivity contribution is 6.30. The molecule has 0 amide bonds. The van der Waals surface area contributed by atoms with Crippen molar-refractivity contribution in [3.63, 3.8) is 0 Å². The van der Waals surface area contributed by atoms with Crippen LogP contribution in [0.15, 0.2) is 47.5 Å². The van der Waals surface area contributed by atoms with Gasteiger partial charge in [0.25, 0.3) is 0 Å². The Morgan fingerprint density at radius 1 is 1.17 bits per heavy atom. The van der Waals surface area contributed by atoms with Gasteiger partial charge in [-0.25, -0.2) is 9.98 Å². The molecule has 3 heterocycles. The Kier molecular flexibility index (Phi) is 7.32. The molecule has 3 rings (SSSR count). The number of nitrogens with one attached hydrogen (secondary N) is 2. The van der Waals surface area contributed by atoms with Gasteiger partial charge in [0.05, 0.1) is 23.2 Å². The Balaban J connectivity index is 1.40. The maximum atomic E-state index is 12.4. The summed E-state index contributed by atoms with van der Waals surface area (Å²) in [4.78, 5) is 25.1. The maximum Gasteiger partial charge on any atom is 0.168 e. The van der Waals surface area contributed by atoms with Gasteiger partial charge in [-0.2, -0.15) is 0 Å². The van der Waals surface area contributed by atoms with E-state index in [9.17, 15) is 4.79 Å². The molecule has 1 unspecified atom stereocenters. The first-order chi connectivity index (χ1) is 14.0. The first-order valence-electron chi connectivity index (χ1n) is 9.49. The number of halogens is 1. The summed E-state index contributed by atoms with van der Waals surface area (Å²) in [5, 5.41) is 16.1. The van der Waals surface area contributed by atoms with Crippen LogP contribution in [-0.2, 0) is 17.8 Å². The molecular formula is C21H24ClN5O2. The molecule has 2 aromatic rings. The van der Waals surface area contributed by atoms with Gasteiger partial charge in [-0.3, -0.25) is 9.78 Å². The molecule has 0 fully saturated rings. The van der Waals surface area contributed by atoms with Crippen LogP contribution in [0.1, 0.15) is 23.2 Å². The summed E-state index contributed by atoms with van der Waals surface area (Å²) < 4.78 is 0. The number of aliphatic imine (C=N–C) groups is 1. The van der Waals surface area contributed by atoms with Crippen LogP contribution in [0.5, 0.6) is 0 Å². The minimum absolute atomic E-state index is 0.0212. The third-order valence-corrected chi connectivity index (χ3v) is 4.75. The third-order valence-electron chi connectivity index (χ3n) is 4.54. The van der Waals surface area contributed by atoms with Crippen LogP contribution in [0.2, 0.25) is 5.02 Å². The highest BCUT2D eigenvalue weighted by atomic mass is 35.5. The second-order valence-electron chi connectivity index (χ2n) is 6.86. The quantitative estimate of drug-likeness (QED) is 0.546. The zero-order valence-corrected chi connectivity index (χ0v) is 17.0. The molecule has 0 saturated carbocycles. The van der Waals surface area contributed by atoms with Crippen molar-refractivity contribution in [2.24, 2.45) is 10.9 Å². The number of pyridine rings is 2. The van der Waals surface area contributed by atoms with Gasteiger partial charge in [-0.1, -0.05) is 17.7 Å². The predicted octanol–water partition coefficient (Wildman–Crippen LogP) is 2.68. The average Bonchev–Trinajstić information content (AvgIpc) is 2.71. The first-order valence-corrected chi connectivity index (χ1v) is 9.87. The lowest BCUT2D eigenvalue weighted by Gasteiger charge is -2.16. The first kappa shape index (κ1) is 21.0. The molecule has 0 radical (unpaired) electrons. The molecule has 8 heteroatoms. The fraction of sp³-hybridized carbons (Fsp3) is 0.333. The largest absolute Gasteiger partial charge is 0.390 e. The van der Waals surface area contributed by atoms with E-state index < -0.39 is 0 Å². The highest BCUT2D eigenvalue weighted by Gasteiger charge is 2.19. The number of aryl methyl sites for hydroxylation is 1. The standard InChI is InChI=1S/C21H24ClN5O2/c1-14-7-17(22)12-27-21(14)24-6-2-5-23-20-9-19(29)16(11-26-20)8-15-3-4-18(13-28)25-10-15/h3-4,7,9-12,16,23,28H,2,5-6,8,13H2,1H3,(H,24,27). The summed E-state index contributed by atoms with van der Waals surface area (Å²) in [6.07, 6.45) is 7.94. The van der Waals surface area contributed by atoms with Crippen LogP contribution < -0.4 is 10.6 Å². The lowest BCUT2D eigenvalue weighted by Crippen LogP contribution is -2.25. The molecule has 0 aliphatic carbocycles. The summed E-state index contributed by atoms with van der Waals surface area (Å²) in [6, 6.07) is 5.51. The van der Waals surface area contributed by atoms with Crippen LogP contribution in [0, 0.1) is 12.8 Å². The summed E-state index contributed by atoms with van der Waals surface area (Å²) in [5.74, 6) is 1.14. The third kappa shape index (κ3) is 6.10. The minimum Gasteiger partial charge on any atom is -0.390 e. The smallest absolute Gasteiger partial charge is 0.168 e. The Bertz CT molecular complexity index is 912. The van der Waals surface area contributed by atoms with E-state index in [0.717, 1.165) is 29.9 Å². The van der Waals surface area contributed by atoms with Crippen molar-refractivity contribution in [2.45, 2.75) is 26.4 Å². The van der Waals surface area contributed by atoms with Crippen molar-refractivity contribution in [3.8, 4) is 0 Å². The van der Waals surface area contributed by atoms with Crippen molar-refractivity contribution in [2.75, 3.05) is 18.4 Å². The van der Waals surface area contributed by atoms with Gasteiger partial charge in [-0.15, -0.1) is 0 Å². The van der Waals surface area contributed by atoms with Crippen LogP contribution in [0.3, 0.4) is 0 Å². The predicted molar refractivity (Wildman–Crippen MR) is 114 cm³/mol. The van der Waals surface area contributed by atoms with Gasteiger partial charge >= 0.3 is 0 Å². The number of nitrogens with zero attached hydrogens (tertiary/aromatic N) is 3. The molecule has 29 heavy (non-hydrogen) atoms. The number of carbonyl (C=O) groups excluding carboxylic acids is 1. The average molecular weight is 414 g/mol. The molecular weight excluding hydrogens is 390 g/mol. The zero-order valence-electron chi connectivity index (χ0n) is 16.2. The SMILES string of the molecule is Cc1cc(Cl)cnc1NCCCNC1=CC(=O)C(Cc2ccc(CO)nc2)C=N1. The molecule has 0 bridgehead atoms. The number of aliphatic hydroxyl groups is 1. The van der Waals surface area contributed by atoms with Crippen LogP contribution in [0.25, 0.3) is 0 Å². The fourth-order valence-corrected chi connectivity index (χ4v) is 3.15. The molecule has 7 nitrogen and oxygen atoms in total. The van der Waals surface area contributed by atoms with E-state index >= 15 is 0 Å². The minimum atomic E-state index is -0.289. The second-order valence-corrected chi connectivity index (χ2v) is 7.30. The molecule has 1 atom stereocenters. The summed E-state index contributed by atoms with van der Waals surface area (Å²) in [7, 11) is 0. The Morgan fingerprint density at radius 2 is 2.00 bits per heavy atom. The van der Waals surface area contributed by atoms with Crippen LogP contribution in [0.4, 0.5) is 5.82 Å². The second kappa shape index (κ2) is 10.1. The number of hydrogen-bond acceptors (Lipinski definition) is 7. The number of carbonyl (C=O) groups is 1. The number of aromatic nitrogens is 2. The normalized spacial score (nSPS) is 15.9. The number of rotatable bonds is 9. The van der Waals surface area contributed by atoms with Gasteiger partial charge in [0.15, 0.2) is 5.78 Å². The van der Waals surface area contributed by atoms with Crippen molar-refractivity contribution in [3.05, 3.63) is 64.3 Å².